The van der Waals surface area contributed by atoms with Gasteiger partial charge in [-0.3, -0.25) is 9.59 Å². The fourth-order valence-electron chi connectivity index (χ4n) is 4.16. The Hall–Kier alpha value is -4.65. The Balaban J connectivity index is 1.25. The number of carboxylic acids is 1. The topological polar surface area (TPSA) is 199 Å². The standard InChI is InChI=1S/C29H34N8O4S/c1-29(2,3)21-13-12-20(42-21)26(39)32-14-4-5-19(27(40)41)35-25(38)17-9-6-16(7-10-17)8-11-18-15-33-24-22(34-18)23(30)36-28(31)37-24/h6-7,9-10,12-13,15,19H,4-5,8,11,14H2,1-3H3,(H,32,39)(H,35,38)(H,40,41)(H4,30,31,33,36,37)/t19-/m0/s1. The molecule has 4 rings (SSSR count). The average molecular weight is 591 g/mol. The van der Waals surface area contributed by atoms with Crippen LogP contribution < -0.4 is 22.1 Å². The molecule has 1 aromatic carbocycles. The summed E-state index contributed by atoms with van der Waals surface area (Å²) in [5.41, 5.74) is 14.2. The Morgan fingerprint density at radius 2 is 1.71 bits per heavy atom. The molecule has 0 fully saturated rings. The molecule has 0 saturated heterocycles. The van der Waals surface area contributed by atoms with Crippen molar-refractivity contribution < 1.29 is 19.5 Å². The largest absolute Gasteiger partial charge is 0.480 e. The van der Waals surface area contributed by atoms with Crippen molar-refractivity contribution in [1.82, 2.24) is 30.6 Å². The SMILES string of the molecule is CC(C)(C)c1ccc(C(=O)NCCC[C@H](NC(=O)c2ccc(CCc3cnc4nc(N)nc(N)c4n3)cc2)C(=O)O)s1. The molecule has 7 N–H and O–H groups in total. The Morgan fingerprint density at radius 1 is 0.976 bits per heavy atom. The molecule has 0 bridgehead atoms. The normalized spacial score (nSPS) is 12.2. The summed E-state index contributed by atoms with van der Waals surface area (Å²) in [5.74, 6) is -1.61. The molecule has 0 spiro atoms. The molecule has 3 heterocycles. The first kappa shape index (κ1) is 30.3. The summed E-state index contributed by atoms with van der Waals surface area (Å²) in [6.45, 7) is 6.56. The zero-order chi connectivity index (χ0) is 30.4. The molecule has 0 aliphatic carbocycles. The van der Waals surface area contributed by atoms with Crippen LogP contribution in [0.5, 0.6) is 0 Å². The second-order valence-corrected chi connectivity index (χ2v) is 12.0. The number of thiophene rings is 1. The van der Waals surface area contributed by atoms with E-state index in [9.17, 15) is 19.5 Å². The van der Waals surface area contributed by atoms with Crippen LogP contribution in [0.1, 0.15) is 69.8 Å². The van der Waals surface area contributed by atoms with E-state index in [0.29, 0.717) is 53.1 Å². The maximum Gasteiger partial charge on any atom is 0.326 e. The number of amides is 2. The summed E-state index contributed by atoms with van der Waals surface area (Å²) < 4.78 is 0. The molecule has 0 unspecified atom stereocenters. The van der Waals surface area contributed by atoms with Crippen LogP contribution in [0.4, 0.5) is 11.8 Å². The number of carboxylic acid groups (broad SMARTS) is 1. The molecule has 0 aliphatic heterocycles. The number of nitrogens with one attached hydrogen (secondary N) is 2. The molecule has 13 heteroatoms. The molecule has 0 radical (unpaired) electrons. The summed E-state index contributed by atoms with van der Waals surface area (Å²) in [7, 11) is 0. The highest BCUT2D eigenvalue weighted by molar-refractivity contribution is 7.14. The van der Waals surface area contributed by atoms with E-state index in [4.69, 9.17) is 11.5 Å². The van der Waals surface area contributed by atoms with Crippen molar-refractivity contribution >= 4 is 52.1 Å². The highest BCUT2D eigenvalue weighted by atomic mass is 32.1. The Kier molecular flexibility index (Phi) is 9.31. The molecule has 42 heavy (non-hydrogen) atoms. The quantitative estimate of drug-likeness (QED) is 0.162. The Bertz CT molecular complexity index is 1600. The number of hydrogen-bond acceptors (Lipinski definition) is 10. The van der Waals surface area contributed by atoms with Crippen molar-refractivity contribution in [2.75, 3.05) is 18.0 Å². The van der Waals surface area contributed by atoms with Crippen molar-refractivity contribution in [1.29, 1.82) is 0 Å². The van der Waals surface area contributed by atoms with Crippen LogP contribution in [-0.4, -0.2) is 55.4 Å². The molecule has 0 saturated carbocycles. The number of carbonyl (C=O) groups excluding carboxylic acids is 2. The van der Waals surface area contributed by atoms with E-state index in [0.717, 1.165) is 10.4 Å². The van der Waals surface area contributed by atoms with Crippen molar-refractivity contribution in [3.05, 3.63) is 69.2 Å². The van der Waals surface area contributed by atoms with Crippen LogP contribution >= 0.6 is 11.3 Å². The van der Waals surface area contributed by atoms with E-state index in [-0.39, 0.29) is 29.5 Å². The summed E-state index contributed by atoms with van der Waals surface area (Å²) in [4.78, 5) is 55.4. The first-order valence-corrected chi connectivity index (χ1v) is 14.3. The lowest BCUT2D eigenvalue weighted by Crippen LogP contribution is -2.41. The van der Waals surface area contributed by atoms with Gasteiger partial charge in [0.15, 0.2) is 17.0 Å². The van der Waals surface area contributed by atoms with Gasteiger partial charge in [0, 0.05) is 17.0 Å². The number of nitrogen functional groups attached to an aromatic ring is 2. The number of fused-ring (bicyclic) bond motifs is 1. The lowest BCUT2D eigenvalue weighted by Gasteiger charge is -2.15. The van der Waals surface area contributed by atoms with Gasteiger partial charge in [-0.2, -0.15) is 9.97 Å². The van der Waals surface area contributed by atoms with E-state index in [1.54, 1.807) is 24.4 Å². The zero-order valence-corrected chi connectivity index (χ0v) is 24.5. The Labute approximate surface area is 247 Å². The second-order valence-electron chi connectivity index (χ2n) is 10.9. The molecular weight excluding hydrogens is 556 g/mol. The summed E-state index contributed by atoms with van der Waals surface area (Å²) in [6, 6.07) is 9.58. The summed E-state index contributed by atoms with van der Waals surface area (Å²) >= 11 is 1.45. The van der Waals surface area contributed by atoms with Crippen molar-refractivity contribution in [3.8, 4) is 0 Å². The number of nitrogens with zero attached hydrogens (tertiary/aromatic N) is 4. The van der Waals surface area contributed by atoms with Crippen LogP contribution in [0.25, 0.3) is 11.2 Å². The number of aliphatic carboxylic acids is 1. The molecular formula is C29H34N8O4S. The molecule has 12 nitrogen and oxygen atoms in total. The number of hydrogen-bond donors (Lipinski definition) is 5. The van der Waals surface area contributed by atoms with Crippen molar-refractivity contribution in [2.24, 2.45) is 0 Å². The number of aromatic nitrogens is 4. The van der Waals surface area contributed by atoms with Gasteiger partial charge in [0.1, 0.15) is 6.04 Å². The smallest absolute Gasteiger partial charge is 0.326 e. The third kappa shape index (κ3) is 7.75. The van der Waals surface area contributed by atoms with Gasteiger partial charge in [-0.1, -0.05) is 32.9 Å². The van der Waals surface area contributed by atoms with Gasteiger partial charge in [-0.15, -0.1) is 11.3 Å². The zero-order valence-electron chi connectivity index (χ0n) is 23.7. The second kappa shape index (κ2) is 12.9. The van der Waals surface area contributed by atoms with Crippen LogP contribution in [0.3, 0.4) is 0 Å². The minimum atomic E-state index is -1.13. The third-order valence-electron chi connectivity index (χ3n) is 6.51. The summed E-state index contributed by atoms with van der Waals surface area (Å²) in [5, 5.41) is 15.0. The molecule has 2 amide bonds. The maximum absolute atomic E-state index is 12.7. The molecule has 1 atom stereocenters. The monoisotopic (exact) mass is 590 g/mol. The van der Waals surface area contributed by atoms with Crippen molar-refractivity contribution in [2.45, 2.75) is 57.9 Å². The average Bonchev–Trinajstić information content (AvgIpc) is 3.45. The number of benzene rings is 1. The van der Waals surface area contributed by atoms with Gasteiger partial charge in [0.05, 0.1) is 16.8 Å². The molecule has 0 aliphatic rings. The number of carbonyl (C=O) groups is 3. The number of anilines is 2. The van der Waals surface area contributed by atoms with E-state index < -0.39 is 17.9 Å². The first-order valence-electron chi connectivity index (χ1n) is 13.5. The number of nitrogens with two attached hydrogens (primary N) is 2. The lowest BCUT2D eigenvalue weighted by atomic mass is 9.95. The fourth-order valence-corrected chi connectivity index (χ4v) is 5.14. The minimum absolute atomic E-state index is 0.0360. The number of aryl methyl sites for hydroxylation is 2. The number of rotatable bonds is 11. The van der Waals surface area contributed by atoms with Crippen molar-refractivity contribution in [3.63, 3.8) is 0 Å². The molecule has 4 aromatic rings. The maximum atomic E-state index is 12.7. The van der Waals surface area contributed by atoms with Gasteiger partial charge in [0.2, 0.25) is 5.95 Å². The van der Waals surface area contributed by atoms with Gasteiger partial charge in [-0.25, -0.2) is 14.8 Å². The van der Waals surface area contributed by atoms with E-state index in [1.165, 1.54) is 11.3 Å². The van der Waals surface area contributed by atoms with Gasteiger partial charge >= 0.3 is 5.97 Å². The lowest BCUT2D eigenvalue weighted by molar-refractivity contribution is -0.139. The third-order valence-corrected chi connectivity index (χ3v) is 8.02. The van der Waals surface area contributed by atoms with Crippen LogP contribution in [-0.2, 0) is 23.1 Å². The fraction of sp³-hybridized carbons (Fsp3) is 0.345. The van der Waals surface area contributed by atoms with Gasteiger partial charge in [-0.05, 0) is 60.9 Å². The predicted octanol–water partition coefficient (Wildman–Crippen LogP) is 3.12. The minimum Gasteiger partial charge on any atom is -0.480 e. The van der Waals surface area contributed by atoms with Gasteiger partial charge < -0.3 is 27.2 Å². The highest BCUT2D eigenvalue weighted by Gasteiger charge is 2.21. The highest BCUT2D eigenvalue weighted by Crippen LogP contribution is 2.29. The predicted molar refractivity (Wildman–Crippen MR) is 161 cm³/mol. The Morgan fingerprint density at radius 3 is 2.38 bits per heavy atom. The molecule has 3 aromatic heterocycles. The summed E-state index contributed by atoms with van der Waals surface area (Å²) in [6.07, 6.45) is 3.37. The first-order chi connectivity index (χ1) is 19.9. The van der Waals surface area contributed by atoms with E-state index in [1.807, 2.05) is 18.2 Å². The van der Waals surface area contributed by atoms with Gasteiger partial charge in [0.25, 0.3) is 11.8 Å². The van der Waals surface area contributed by atoms with E-state index >= 15 is 0 Å². The van der Waals surface area contributed by atoms with Crippen LogP contribution in [0.2, 0.25) is 0 Å². The van der Waals surface area contributed by atoms with E-state index in [2.05, 4.69) is 51.3 Å². The van der Waals surface area contributed by atoms with Crippen LogP contribution in [0, 0.1) is 0 Å². The van der Waals surface area contributed by atoms with Crippen LogP contribution in [0.15, 0.2) is 42.6 Å². The molecule has 220 valence electrons.